The van der Waals surface area contributed by atoms with E-state index in [1.54, 1.807) is 26.0 Å². The molecule has 7 nitrogen and oxygen atoms in total. The van der Waals surface area contributed by atoms with E-state index in [0.29, 0.717) is 12.4 Å². The fraction of sp³-hybridized carbons (Fsp3) is 0.391. The number of fused-ring (bicyclic) bond motifs is 1. The van der Waals surface area contributed by atoms with Crippen molar-refractivity contribution >= 4 is 17.6 Å². The molecule has 1 fully saturated rings. The van der Waals surface area contributed by atoms with Crippen molar-refractivity contribution in [3.05, 3.63) is 53.1 Å². The van der Waals surface area contributed by atoms with E-state index in [9.17, 15) is 9.59 Å². The van der Waals surface area contributed by atoms with Gasteiger partial charge in [0.2, 0.25) is 0 Å². The normalized spacial score (nSPS) is 21.1. The molecular weight excluding hydrogens is 382 g/mol. The highest BCUT2D eigenvalue weighted by molar-refractivity contribution is 6.13. The summed E-state index contributed by atoms with van der Waals surface area (Å²) in [7, 11) is 3.26. The van der Waals surface area contributed by atoms with Gasteiger partial charge in [0, 0.05) is 17.7 Å². The minimum Gasteiger partial charge on any atom is -0.493 e. The quantitative estimate of drug-likeness (QED) is 0.764. The predicted octanol–water partition coefficient (Wildman–Crippen LogP) is 1.77. The standard InChI is InChI=1S/C23H27N3O4/c1-15-5-7-19(8-6-15)26-16(2)22(27)25(23(26)28)14-24-10-9-17-11-20(29-3)21(30-4)12-18(17)13-24/h5-8,11-12,16H,9-10,13-14H2,1-4H3/p+1/t16-/m0/s1. The zero-order valence-electron chi connectivity index (χ0n) is 17.9. The molecule has 2 aromatic rings. The van der Waals surface area contributed by atoms with E-state index >= 15 is 0 Å². The molecular formula is C23H28N3O4+. The first-order valence-electron chi connectivity index (χ1n) is 10.2. The number of anilines is 1. The van der Waals surface area contributed by atoms with Crippen molar-refractivity contribution in [2.24, 2.45) is 0 Å². The number of aryl methyl sites for hydroxylation is 1. The number of amides is 3. The molecule has 1 unspecified atom stereocenters. The third kappa shape index (κ3) is 3.50. The summed E-state index contributed by atoms with van der Waals surface area (Å²) in [5, 5.41) is 0. The Balaban J connectivity index is 1.51. The highest BCUT2D eigenvalue weighted by Gasteiger charge is 2.45. The molecule has 30 heavy (non-hydrogen) atoms. The van der Waals surface area contributed by atoms with Gasteiger partial charge in [-0.1, -0.05) is 17.7 Å². The van der Waals surface area contributed by atoms with Crippen LogP contribution >= 0.6 is 0 Å². The Morgan fingerprint density at radius 3 is 2.30 bits per heavy atom. The first-order valence-corrected chi connectivity index (χ1v) is 10.2. The number of methoxy groups -OCH3 is 2. The van der Waals surface area contributed by atoms with Crippen molar-refractivity contribution in [2.45, 2.75) is 32.9 Å². The maximum Gasteiger partial charge on any atom is 0.336 e. The Kier molecular flexibility index (Phi) is 5.39. The number of ether oxygens (including phenoxy) is 2. The molecule has 2 aliphatic heterocycles. The topological polar surface area (TPSA) is 63.5 Å². The zero-order chi connectivity index (χ0) is 21.4. The first-order chi connectivity index (χ1) is 14.4. The van der Waals surface area contributed by atoms with Gasteiger partial charge in [0.25, 0.3) is 5.91 Å². The molecule has 0 aliphatic carbocycles. The van der Waals surface area contributed by atoms with Crippen LogP contribution in [0.15, 0.2) is 36.4 Å². The highest BCUT2D eigenvalue weighted by atomic mass is 16.5. The lowest BCUT2D eigenvalue weighted by molar-refractivity contribution is -0.923. The molecule has 7 heteroatoms. The van der Waals surface area contributed by atoms with E-state index < -0.39 is 6.04 Å². The molecule has 4 rings (SSSR count). The third-order valence-electron chi connectivity index (χ3n) is 6.04. The SMILES string of the molecule is COc1cc2c(cc1OC)C[NH+](CN1C(=O)[C@H](C)N(c3ccc(C)cc3)C1=O)CC2. The Bertz CT molecular complexity index is 973. The fourth-order valence-corrected chi connectivity index (χ4v) is 4.30. The Labute approximate surface area is 176 Å². The summed E-state index contributed by atoms with van der Waals surface area (Å²) in [6.07, 6.45) is 0.860. The van der Waals surface area contributed by atoms with E-state index in [1.807, 2.05) is 43.3 Å². The second-order valence-electron chi connectivity index (χ2n) is 7.99. The Morgan fingerprint density at radius 1 is 1.03 bits per heavy atom. The van der Waals surface area contributed by atoms with Gasteiger partial charge in [-0.25, -0.2) is 9.69 Å². The Morgan fingerprint density at radius 2 is 1.67 bits per heavy atom. The van der Waals surface area contributed by atoms with Gasteiger partial charge in [-0.3, -0.25) is 9.69 Å². The van der Waals surface area contributed by atoms with Crippen LogP contribution in [-0.4, -0.2) is 50.3 Å². The number of carbonyl (C=O) groups excluding carboxylic acids is 2. The zero-order valence-corrected chi connectivity index (χ0v) is 17.9. The lowest BCUT2D eigenvalue weighted by atomic mass is 9.99. The van der Waals surface area contributed by atoms with Gasteiger partial charge < -0.3 is 14.4 Å². The molecule has 158 valence electrons. The van der Waals surface area contributed by atoms with Gasteiger partial charge in [-0.05, 0) is 43.7 Å². The lowest BCUT2D eigenvalue weighted by Crippen LogP contribution is -3.13. The van der Waals surface area contributed by atoms with Crippen LogP contribution in [0.3, 0.4) is 0 Å². The molecule has 0 radical (unpaired) electrons. The predicted molar refractivity (Wildman–Crippen MR) is 113 cm³/mol. The van der Waals surface area contributed by atoms with Crippen LogP contribution in [0.1, 0.15) is 23.6 Å². The number of quaternary nitrogens is 1. The fourth-order valence-electron chi connectivity index (χ4n) is 4.30. The van der Waals surface area contributed by atoms with Gasteiger partial charge in [0.15, 0.2) is 18.2 Å². The summed E-state index contributed by atoms with van der Waals surface area (Å²) in [4.78, 5) is 30.1. The summed E-state index contributed by atoms with van der Waals surface area (Å²) in [5.41, 5.74) is 4.26. The molecule has 1 saturated heterocycles. The summed E-state index contributed by atoms with van der Waals surface area (Å²) in [5.74, 6) is 1.28. The molecule has 0 aromatic heterocycles. The number of nitrogens with zero attached hydrogens (tertiary/aromatic N) is 2. The van der Waals surface area contributed by atoms with Crippen molar-refractivity contribution in [3.8, 4) is 11.5 Å². The molecule has 2 heterocycles. The van der Waals surface area contributed by atoms with Gasteiger partial charge in [-0.15, -0.1) is 0 Å². The average Bonchev–Trinajstić information content (AvgIpc) is 2.96. The smallest absolute Gasteiger partial charge is 0.336 e. The van der Waals surface area contributed by atoms with Gasteiger partial charge in [0.05, 0.1) is 20.8 Å². The number of carbonyl (C=O) groups is 2. The van der Waals surface area contributed by atoms with Crippen LogP contribution in [0.5, 0.6) is 11.5 Å². The number of imide groups is 1. The molecule has 2 atom stereocenters. The Hall–Kier alpha value is -3.06. The summed E-state index contributed by atoms with van der Waals surface area (Å²) in [6, 6.07) is 11.0. The van der Waals surface area contributed by atoms with Crippen molar-refractivity contribution in [3.63, 3.8) is 0 Å². The molecule has 0 saturated carbocycles. The molecule has 2 aromatic carbocycles. The molecule has 1 N–H and O–H groups in total. The maximum atomic E-state index is 13.1. The largest absolute Gasteiger partial charge is 0.493 e. The van der Waals surface area contributed by atoms with E-state index in [1.165, 1.54) is 15.4 Å². The summed E-state index contributed by atoms with van der Waals surface area (Å²) >= 11 is 0. The molecule has 0 spiro atoms. The highest BCUT2D eigenvalue weighted by Crippen LogP contribution is 2.31. The van der Waals surface area contributed by atoms with Crippen LogP contribution < -0.4 is 19.3 Å². The van der Waals surface area contributed by atoms with Crippen LogP contribution in [0, 0.1) is 6.92 Å². The summed E-state index contributed by atoms with van der Waals surface area (Å²) in [6.45, 7) is 5.72. The van der Waals surface area contributed by atoms with Crippen molar-refractivity contribution in [1.29, 1.82) is 0 Å². The number of hydrogen-bond donors (Lipinski definition) is 1. The second kappa shape index (κ2) is 7.99. The van der Waals surface area contributed by atoms with Crippen molar-refractivity contribution in [2.75, 3.05) is 32.3 Å². The van der Waals surface area contributed by atoms with Crippen LogP contribution in [0.4, 0.5) is 10.5 Å². The number of urea groups is 1. The first kappa shape index (κ1) is 20.2. The number of nitrogens with one attached hydrogen (secondary N) is 1. The van der Waals surface area contributed by atoms with Crippen molar-refractivity contribution in [1.82, 2.24) is 4.90 Å². The number of rotatable bonds is 5. The van der Waals surface area contributed by atoms with Crippen molar-refractivity contribution < 1.29 is 24.0 Å². The molecule has 2 aliphatic rings. The van der Waals surface area contributed by atoms with E-state index in [-0.39, 0.29) is 11.9 Å². The van der Waals surface area contributed by atoms with E-state index in [2.05, 4.69) is 0 Å². The minimum absolute atomic E-state index is 0.147. The minimum atomic E-state index is -0.499. The number of benzene rings is 2. The van der Waals surface area contributed by atoms with Crippen LogP contribution in [-0.2, 0) is 17.8 Å². The van der Waals surface area contributed by atoms with Crippen LogP contribution in [0.25, 0.3) is 0 Å². The lowest BCUT2D eigenvalue weighted by Gasteiger charge is -2.29. The maximum absolute atomic E-state index is 13.1. The summed E-state index contributed by atoms with van der Waals surface area (Å²) < 4.78 is 10.8. The molecule has 3 amide bonds. The van der Waals surface area contributed by atoms with E-state index in [0.717, 1.165) is 42.1 Å². The number of hydrogen-bond acceptors (Lipinski definition) is 4. The van der Waals surface area contributed by atoms with E-state index in [4.69, 9.17) is 9.47 Å². The van der Waals surface area contributed by atoms with Gasteiger partial charge in [0.1, 0.15) is 12.6 Å². The monoisotopic (exact) mass is 410 g/mol. The van der Waals surface area contributed by atoms with Crippen LogP contribution in [0.2, 0.25) is 0 Å². The van der Waals surface area contributed by atoms with Gasteiger partial charge >= 0.3 is 6.03 Å². The molecule has 0 bridgehead atoms. The average molecular weight is 410 g/mol. The van der Waals surface area contributed by atoms with Gasteiger partial charge in [-0.2, -0.15) is 0 Å². The third-order valence-corrected chi connectivity index (χ3v) is 6.04. The second-order valence-corrected chi connectivity index (χ2v) is 7.99.